The van der Waals surface area contributed by atoms with E-state index < -0.39 is 0 Å². The van der Waals surface area contributed by atoms with Crippen LogP contribution in [0.5, 0.6) is 0 Å². The Bertz CT molecular complexity index is 812. The van der Waals surface area contributed by atoms with Gasteiger partial charge in [0.15, 0.2) is 0 Å². The second-order valence-electron chi connectivity index (χ2n) is 5.74. The molecule has 24 heavy (non-hydrogen) atoms. The van der Waals surface area contributed by atoms with Gasteiger partial charge in [0.2, 0.25) is 0 Å². The summed E-state index contributed by atoms with van der Waals surface area (Å²) in [6, 6.07) is 16.2. The molecule has 2 aromatic heterocycles. The summed E-state index contributed by atoms with van der Waals surface area (Å²) in [6.45, 7) is 2.24. The first-order chi connectivity index (χ1) is 11.9. The Morgan fingerprint density at radius 3 is 2.62 bits per heavy atom. The normalized spacial score (nSPS) is 13.7. The highest BCUT2D eigenvalue weighted by Gasteiger charge is 2.16. The molecule has 0 radical (unpaired) electrons. The van der Waals surface area contributed by atoms with Crippen LogP contribution in [-0.2, 0) is 13.1 Å². The quantitative estimate of drug-likeness (QED) is 0.723. The lowest BCUT2D eigenvalue weighted by Crippen LogP contribution is -2.25. The number of nitrogens with zero attached hydrogens (tertiary/aromatic N) is 6. The summed E-state index contributed by atoms with van der Waals surface area (Å²) in [7, 11) is 0. The Kier molecular flexibility index (Phi) is 3.93. The third-order valence-corrected chi connectivity index (χ3v) is 3.87. The highest BCUT2D eigenvalue weighted by Crippen LogP contribution is 2.17. The van der Waals surface area contributed by atoms with E-state index in [-0.39, 0.29) is 0 Å². The zero-order valence-corrected chi connectivity index (χ0v) is 13.2. The zero-order valence-electron chi connectivity index (χ0n) is 13.2. The average Bonchev–Trinajstić information content (AvgIpc) is 3.27. The molecule has 3 heterocycles. The molecule has 1 aliphatic rings. The highest BCUT2D eigenvalue weighted by molar-refractivity contribution is 5.42. The smallest absolute Gasteiger partial charge is 0.133 e. The Morgan fingerprint density at radius 1 is 0.917 bits per heavy atom. The topological polar surface area (TPSA) is 50.1 Å². The van der Waals surface area contributed by atoms with Crippen molar-refractivity contribution in [1.29, 1.82) is 0 Å². The molecule has 0 spiro atoms. The molecule has 0 bridgehead atoms. The minimum atomic E-state index is 0.731. The molecule has 0 N–H and O–H groups in total. The second kappa shape index (κ2) is 6.54. The van der Waals surface area contributed by atoms with Crippen LogP contribution in [0.1, 0.15) is 11.3 Å². The molecule has 0 atom stereocenters. The van der Waals surface area contributed by atoms with E-state index in [0.29, 0.717) is 0 Å². The lowest BCUT2D eigenvalue weighted by molar-refractivity contribution is 0.394. The van der Waals surface area contributed by atoms with E-state index in [1.807, 2.05) is 53.5 Å². The monoisotopic (exact) mass is 318 g/mol. The lowest BCUT2D eigenvalue weighted by atomic mass is 10.2. The van der Waals surface area contributed by atoms with Crippen LogP contribution in [0, 0.1) is 0 Å². The third-order valence-electron chi connectivity index (χ3n) is 3.87. The van der Waals surface area contributed by atoms with Crippen LogP contribution in [0.25, 0.3) is 0 Å². The van der Waals surface area contributed by atoms with Crippen molar-refractivity contribution in [2.45, 2.75) is 13.1 Å². The van der Waals surface area contributed by atoms with Crippen molar-refractivity contribution in [2.75, 3.05) is 11.6 Å². The average molecular weight is 318 g/mol. The number of hydrogen-bond acceptors (Lipinski definition) is 5. The van der Waals surface area contributed by atoms with Crippen molar-refractivity contribution in [2.24, 2.45) is 0 Å². The van der Waals surface area contributed by atoms with E-state index in [1.165, 1.54) is 5.56 Å². The van der Waals surface area contributed by atoms with Gasteiger partial charge >= 0.3 is 0 Å². The van der Waals surface area contributed by atoms with Gasteiger partial charge in [-0.05, 0) is 17.7 Å². The molecule has 3 aromatic rings. The van der Waals surface area contributed by atoms with Crippen LogP contribution >= 0.6 is 0 Å². The predicted molar refractivity (Wildman–Crippen MR) is 91.8 cm³/mol. The van der Waals surface area contributed by atoms with Crippen LogP contribution in [-0.4, -0.2) is 31.5 Å². The summed E-state index contributed by atoms with van der Waals surface area (Å²) in [6.07, 6.45) is 7.91. The fraction of sp³-hybridized carbons (Fsp3) is 0.167. The Balaban J connectivity index is 1.36. The molecule has 6 nitrogen and oxygen atoms in total. The van der Waals surface area contributed by atoms with Gasteiger partial charge in [-0.1, -0.05) is 41.6 Å². The number of rotatable bonds is 5. The van der Waals surface area contributed by atoms with Crippen LogP contribution in [0.4, 0.5) is 5.82 Å². The first-order valence-electron chi connectivity index (χ1n) is 7.90. The number of pyridine rings is 1. The van der Waals surface area contributed by atoms with E-state index in [1.54, 1.807) is 6.20 Å². The van der Waals surface area contributed by atoms with Gasteiger partial charge in [0.1, 0.15) is 11.5 Å². The van der Waals surface area contributed by atoms with E-state index in [9.17, 15) is 0 Å². The van der Waals surface area contributed by atoms with E-state index in [0.717, 1.165) is 31.3 Å². The van der Waals surface area contributed by atoms with Gasteiger partial charge in [0.05, 0.1) is 26.0 Å². The van der Waals surface area contributed by atoms with Crippen molar-refractivity contribution in [3.8, 4) is 0 Å². The van der Waals surface area contributed by atoms with Crippen molar-refractivity contribution in [1.82, 2.24) is 24.9 Å². The molecule has 1 aromatic carbocycles. The molecule has 120 valence electrons. The summed E-state index contributed by atoms with van der Waals surface area (Å²) >= 11 is 0. The van der Waals surface area contributed by atoms with Crippen molar-refractivity contribution in [3.63, 3.8) is 0 Å². The molecule has 0 saturated carbocycles. The lowest BCUT2D eigenvalue weighted by Gasteiger charge is -2.19. The number of aromatic nitrogens is 4. The second-order valence-corrected chi connectivity index (χ2v) is 5.74. The van der Waals surface area contributed by atoms with E-state index in [4.69, 9.17) is 0 Å². The molecule has 0 fully saturated rings. The number of hydrogen-bond donors (Lipinski definition) is 0. The van der Waals surface area contributed by atoms with Gasteiger partial charge in [-0.15, -0.1) is 5.10 Å². The fourth-order valence-electron chi connectivity index (χ4n) is 2.71. The maximum atomic E-state index is 4.37. The number of anilines is 1. The third kappa shape index (κ3) is 3.27. The fourth-order valence-corrected chi connectivity index (χ4v) is 2.71. The van der Waals surface area contributed by atoms with Crippen LogP contribution in [0.15, 0.2) is 73.3 Å². The SMILES string of the molecule is C1=CN(c2ccccn2)CN1Cc1cn(Cc2ccccc2)nn1. The Hall–Kier alpha value is -3.15. The molecule has 1 aliphatic heterocycles. The molecular weight excluding hydrogens is 300 g/mol. The maximum Gasteiger partial charge on any atom is 0.133 e. The van der Waals surface area contributed by atoms with Gasteiger partial charge in [0, 0.05) is 18.6 Å². The molecule has 0 unspecified atom stereocenters. The zero-order chi connectivity index (χ0) is 16.2. The van der Waals surface area contributed by atoms with E-state index >= 15 is 0 Å². The highest BCUT2D eigenvalue weighted by atomic mass is 15.4. The standard InChI is InChI=1S/C18H18N6/c1-2-6-16(7-3-1)12-24-14-17(20-21-24)13-22-10-11-23(15-22)18-8-4-5-9-19-18/h1-11,14H,12-13,15H2. The minimum absolute atomic E-state index is 0.731. The first-order valence-corrected chi connectivity index (χ1v) is 7.90. The first kappa shape index (κ1) is 14.4. The summed E-state index contributed by atoms with van der Waals surface area (Å²) in [4.78, 5) is 8.66. The van der Waals surface area contributed by atoms with Crippen LogP contribution in [0.3, 0.4) is 0 Å². The van der Waals surface area contributed by atoms with E-state index in [2.05, 4.69) is 43.4 Å². The number of benzene rings is 1. The van der Waals surface area contributed by atoms with Gasteiger partial charge in [-0.2, -0.15) is 0 Å². The minimum Gasteiger partial charge on any atom is -0.352 e. The van der Waals surface area contributed by atoms with Crippen molar-refractivity contribution in [3.05, 3.63) is 84.6 Å². The van der Waals surface area contributed by atoms with Crippen molar-refractivity contribution < 1.29 is 0 Å². The van der Waals surface area contributed by atoms with Gasteiger partial charge in [-0.25, -0.2) is 9.67 Å². The Labute approximate surface area is 140 Å². The summed E-state index contributed by atoms with van der Waals surface area (Å²) in [5.41, 5.74) is 2.18. The summed E-state index contributed by atoms with van der Waals surface area (Å²) in [5, 5.41) is 8.50. The van der Waals surface area contributed by atoms with Gasteiger partial charge in [0.25, 0.3) is 0 Å². The summed E-state index contributed by atoms with van der Waals surface area (Å²) in [5.74, 6) is 0.948. The summed E-state index contributed by atoms with van der Waals surface area (Å²) < 4.78 is 1.88. The molecular formula is C18H18N6. The molecule has 6 heteroatoms. The van der Waals surface area contributed by atoms with Crippen molar-refractivity contribution >= 4 is 5.82 Å². The van der Waals surface area contributed by atoms with Gasteiger partial charge in [-0.3, -0.25) is 0 Å². The Morgan fingerprint density at radius 2 is 1.79 bits per heavy atom. The molecule has 0 aliphatic carbocycles. The molecule has 0 amide bonds. The van der Waals surface area contributed by atoms with Gasteiger partial charge < -0.3 is 9.80 Å². The predicted octanol–water partition coefficient (Wildman–Crippen LogP) is 2.47. The van der Waals surface area contributed by atoms with Crippen LogP contribution in [0.2, 0.25) is 0 Å². The molecule has 0 saturated heterocycles. The largest absolute Gasteiger partial charge is 0.352 e. The maximum absolute atomic E-state index is 4.37. The van der Waals surface area contributed by atoms with Crippen LogP contribution < -0.4 is 4.90 Å². The molecule has 4 rings (SSSR count).